The molecule has 1 unspecified atom stereocenters. The van der Waals surface area contributed by atoms with E-state index >= 15 is 0 Å². The number of imide groups is 2. The number of piperidine rings is 1. The second-order valence-corrected chi connectivity index (χ2v) is 17.3. The summed E-state index contributed by atoms with van der Waals surface area (Å²) in [7, 11) is 4.37. The summed E-state index contributed by atoms with van der Waals surface area (Å²) in [6, 6.07) is 17.7. The first kappa shape index (κ1) is 37.6. The van der Waals surface area contributed by atoms with Gasteiger partial charge in [0.1, 0.15) is 17.9 Å². The molecule has 4 amide bonds. The van der Waals surface area contributed by atoms with Crippen LogP contribution in [0.5, 0.6) is 11.6 Å². The van der Waals surface area contributed by atoms with Crippen LogP contribution in [-0.2, 0) is 21.4 Å². The number of carbonyl (C=O) groups is 4. The third-order valence-corrected chi connectivity index (χ3v) is 13.6. The molecule has 59 heavy (non-hydrogen) atoms. The molecule has 5 aliphatic rings. The van der Waals surface area contributed by atoms with Crippen molar-refractivity contribution in [3.63, 3.8) is 0 Å². The van der Waals surface area contributed by atoms with Crippen LogP contribution in [0.25, 0.3) is 32.9 Å². The summed E-state index contributed by atoms with van der Waals surface area (Å²) >= 11 is 0. The standard InChI is InChI=1S/C46H48N6O7/c1-50(29-18-32(19-29)59-42-12-6-28(25-48-42)27-5-8-34-37-26-47-14-13-38(37)51(2)40(34)17-27)30-21-46(22-30)23-33(24-46)58-16-4-3-15-57-31-7-9-35-36(20-31)45(56)52(44(35)55)39-10-11-41(53)49-43(39)54/h5-9,12-14,17,20,25-26,29-30,32-33,39H,3-4,10-11,15-16,18-19,21-24H2,1-2H3,(H,49,53,54)/t29-,30?,32-,33?,39?,46?. The Hall–Kier alpha value is -5.66. The molecule has 13 heteroatoms. The molecule has 1 spiro atoms. The maximum atomic E-state index is 13.1. The predicted molar refractivity (Wildman–Crippen MR) is 219 cm³/mol. The van der Waals surface area contributed by atoms with Crippen molar-refractivity contribution in [1.29, 1.82) is 0 Å². The summed E-state index contributed by atoms with van der Waals surface area (Å²) in [5, 5.41) is 4.58. The Morgan fingerprint density at radius 2 is 1.61 bits per heavy atom. The van der Waals surface area contributed by atoms with Gasteiger partial charge in [0.05, 0.1) is 29.4 Å². The van der Waals surface area contributed by atoms with Crippen LogP contribution < -0.4 is 14.8 Å². The highest BCUT2D eigenvalue weighted by Crippen LogP contribution is 2.58. The van der Waals surface area contributed by atoms with E-state index in [0.717, 1.165) is 59.9 Å². The van der Waals surface area contributed by atoms with Crippen molar-refractivity contribution < 1.29 is 33.4 Å². The van der Waals surface area contributed by atoms with Gasteiger partial charge in [-0.15, -0.1) is 0 Å². The van der Waals surface area contributed by atoms with Crippen molar-refractivity contribution in [2.45, 2.75) is 94.5 Å². The zero-order chi connectivity index (χ0) is 40.4. The van der Waals surface area contributed by atoms with Gasteiger partial charge in [-0.25, -0.2) is 4.98 Å². The maximum absolute atomic E-state index is 13.1. The molecule has 1 N–H and O–H groups in total. The first-order valence-electron chi connectivity index (χ1n) is 20.9. The lowest BCUT2D eigenvalue weighted by Gasteiger charge is -2.61. The Morgan fingerprint density at radius 3 is 2.41 bits per heavy atom. The highest BCUT2D eigenvalue weighted by molar-refractivity contribution is 6.23. The quantitative estimate of drug-likeness (QED) is 0.108. The lowest BCUT2D eigenvalue weighted by atomic mass is 9.52. The van der Waals surface area contributed by atoms with Gasteiger partial charge in [0.25, 0.3) is 11.8 Å². The normalized spacial score (nSPS) is 26.2. The van der Waals surface area contributed by atoms with Crippen molar-refractivity contribution in [1.82, 2.24) is 29.7 Å². The van der Waals surface area contributed by atoms with Crippen LogP contribution in [0.3, 0.4) is 0 Å². The first-order valence-corrected chi connectivity index (χ1v) is 20.9. The number of fused-ring (bicyclic) bond motifs is 4. The number of benzene rings is 2. The minimum atomic E-state index is -0.984. The van der Waals surface area contributed by atoms with Crippen molar-refractivity contribution >= 4 is 45.4 Å². The van der Waals surface area contributed by atoms with Gasteiger partial charge in [-0.2, -0.15) is 0 Å². The number of ether oxygens (including phenoxy) is 3. The highest BCUT2D eigenvalue weighted by atomic mass is 16.5. The molecular weight excluding hydrogens is 749 g/mol. The second-order valence-electron chi connectivity index (χ2n) is 17.3. The van der Waals surface area contributed by atoms with Crippen LogP contribution >= 0.6 is 0 Å². The topological polar surface area (TPSA) is 145 Å². The van der Waals surface area contributed by atoms with Crippen LogP contribution in [0.2, 0.25) is 0 Å². The third-order valence-electron chi connectivity index (χ3n) is 13.6. The Kier molecular flexibility index (Phi) is 9.47. The van der Waals surface area contributed by atoms with Gasteiger partial charge in [0, 0.05) is 91.5 Å². The van der Waals surface area contributed by atoms with E-state index < -0.39 is 29.7 Å². The predicted octanol–water partition coefficient (Wildman–Crippen LogP) is 6.22. The number of rotatable bonds is 13. The minimum absolute atomic E-state index is 0.0853. The molecule has 1 atom stereocenters. The molecule has 13 nitrogen and oxygen atoms in total. The smallest absolute Gasteiger partial charge is 0.262 e. The van der Waals surface area contributed by atoms with Gasteiger partial charge in [0.15, 0.2) is 0 Å². The molecule has 5 aromatic rings. The van der Waals surface area contributed by atoms with Crippen LogP contribution in [0, 0.1) is 5.41 Å². The fourth-order valence-corrected chi connectivity index (χ4v) is 10.1. The fourth-order valence-electron chi connectivity index (χ4n) is 10.1. The van der Waals surface area contributed by atoms with Gasteiger partial charge >= 0.3 is 0 Å². The van der Waals surface area contributed by atoms with Crippen LogP contribution in [0.4, 0.5) is 0 Å². The summed E-state index contributed by atoms with van der Waals surface area (Å²) in [4.78, 5) is 62.4. The molecule has 2 aliphatic heterocycles. The number of hydrogen-bond donors (Lipinski definition) is 1. The van der Waals surface area contributed by atoms with E-state index in [9.17, 15) is 19.2 Å². The average Bonchev–Trinajstić information content (AvgIpc) is 3.62. The van der Waals surface area contributed by atoms with Crippen molar-refractivity contribution in [3.05, 3.63) is 84.3 Å². The molecule has 4 fully saturated rings. The van der Waals surface area contributed by atoms with E-state index in [2.05, 4.69) is 69.2 Å². The Bertz CT molecular complexity index is 2480. The Balaban J connectivity index is 0.608. The zero-order valence-electron chi connectivity index (χ0n) is 33.4. The summed E-state index contributed by atoms with van der Waals surface area (Å²) in [5.41, 5.74) is 5.45. The largest absolute Gasteiger partial charge is 0.494 e. The number of pyridine rings is 2. The molecule has 1 saturated heterocycles. The van der Waals surface area contributed by atoms with Gasteiger partial charge in [-0.1, -0.05) is 12.1 Å². The Labute approximate surface area is 342 Å². The minimum Gasteiger partial charge on any atom is -0.494 e. The lowest BCUT2D eigenvalue weighted by Crippen LogP contribution is -2.61. The highest BCUT2D eigenvalue weighted by Gasteiger charge is 2.55. The van der Waals surface area contributed by atoms with Gasteiger partial charge in [-0.3, -0.25) is 34.4 Å². The molecule has 2 aromatic carbocycles. The first-order chi connectivity index (χ1) is 28.6. The van der Waals surface area contributed by atoms with E-state index in [4.69, 9.17) is 14.2 Å². The molecule has 3 aromatic heterocycles. The van der Waals surface area contributed by atoms with E-state index in [-0.39, 0.29) is 30.1 Å². The van der Waals surface area contributed by atoms with E-state index in [1.165, 1.54) is 29.3 Å². The molecule has 5 heterocycles. The number of nitrogens with one attached hydrogen (secondary N) is 1. The van der Waals surface area contributed by atoms with E-state index in [0.29, 0.717) is 48.4 Å². The van der Waals surface area contributed by atoms with Gasteiger partial charge < -0.3 is 23.7 Å². The monoisotopic (exact) mass is 796 g/mol. The Morgan fingerprint density at radius 1 is 0.814 bits per heavy atom. The summed E-state index contributed by atoms with van der Waals surface area (Å²) in [5.74, 6) is -0.897. The van der Waals surface area contributed by atoms with Gasteiger partial charge in [0.2, 0.25) is 17.7 Å². The molecule has 3 aliphatic carbocycles. The van der Waals surface area contributed by atoms with Crippen molar-refractivity contribution in [2.24, 2.45) is 12.5 Å². The SMILES string of the molecule is Cn1c2ccncc2c2ccc(-c3ccc(O[C@H]4C[C@H](N(C)C5CC6(CC(OCCCCOc7ccc8c(c7)C(=O)N(C7CCC(=O)NC7=O)C8=O)C6)C5)C4)nc3)cc21. The molecular formula is C46H48N6O7. The number of aromatic nitrogens is 3. The number of carbonyl (C=O) groups excluding carboxylic acids is 4. The summed E-state index contributed by atoms with van der Waals surface area (Å²) in [6.45, 7) is 1.15. The molecule has 3 saturated carbocycles. The zero-order valence-corrected chi connectivity index (χ0v) is 33.4. The molecule has 0 bridgehead atoms. The second kappa shape index (κ2) is 14.9. The number of aryl methyl sites for hydroxylation is 1. The van der Waals surface area contributed by atoms with Crippen molar-refractivity contribution in [3.8, 4) is 22.8 Å². The van der Waals surface area contributed by atoms with Crippen molar-refractivity contribution in [2.75, 3.05) is 20.3 Å². The van der Waals surface area contributed by atoms with Crippen LogP contribution in [-0.4, -0.2) is 98.6 Å². The number of hydrogen-bond acceptors (Lipinski definition) is 10. The number of nitrogens with zero attached hydrogens (tertiary/aromatic N) is 5. The van der Waals surface area contributed by atoms with E-state index in [1.807, 2.05) is 24.7 Å². The third kappa shape index (κ3) is 6.83. The molecule has 304 valence electrons. The van der Waals surface area contributed by atoms with Gasteiger partial charge in [-0.05, 0) is 99.4 Å². The van der Waals surface area contributed by atoms with E-state index in [1.54, 1.807) is 18.2 Å². The fraction of sp³-hybridized carbons (Fsp3) is 0.435. The number of amides is 4. The van der Waals surface area contributed by atoms with Crippen LogP contribution in [0.1, 0.15) is 84.9 Å². The molecule has 10 rings (SSSR count). The summed E-state index contributed by atoms with van der Waals surface area (Å²) < 4.78 is 20.6. The summed E-state index contributed by atoms with van der Waals surface area (Å²) in [6.07, 6.45) is 14.9. The van der Waals surface area contributed by atoms with Crippen LogP contribution in [0.15, 0.2) is 73.2 Å². The lowest BCUT2D eigenvalue weighted by molar-refractivity contribution is -0.154. The maximum Gasteiger partial charge on any atom is 0.262 e. The molecule has 0 radical (unpaired) electrons. The average molecular weight is 797 g/mol. The number of unbranched alkanes of at least 4 members (excludes halogenated alkanes) is 1.